The third-order valence-electron chi connectivity index (χ3n) is 9.80. The molecule has 0 bridgehead atoms. The average molecular weight is 416 g/mol. The van der Waals surface area contributed by atoms with E-state index >= 15 is 0 Å². The number of hydrogen-bond acceptors (Lipinski definition) is 3. The van der Waals surface area contributed by atoms with Crippen molar-refractivity contribution in [1.82, 2.24) is 5.32 Å². The number of allylic oxidation sites excluding steroid dienone is 1. The summed E-state index contributed by atoms with van der Waals surface area (Å²) in [6.07, 6.45) is 12.2. The Bertz CT molecular complexity index is 626. The van der Waals surface area contributed by atoms with E-state index in [1.807, 2.05) is 6.08 Å². The Kier molecular flexibility index (Phi) is 7.55. The van der Waals surface area contributed by atoms with E-state index in [1.165, 1.54) is 32.1 Å². The summed E-state index contributed by atoms with van der Waals surface area (Å²) in [5.41, 5.74) is 8.02. The van der Waals surface area contributed by atoms with Gasteiger partial charge < -0.3 is 16.5 Å². The first-order valence-electron chi connectivity index (χ1n) is 12.8. The maximum Gasteiger partial charge on any atom is 0.0495 e. The number of nitrogens with one attached hydrogen (secondary N) is 2. The number of hydrogen-bond donors (Lipinski definition) is 3. The highest BCUT2D eigenvalue weighted by Crippen LogP contribution is 2.59. The van der Waals surface area contributed by atoms with Crippen LogP contribution in [-0.4, -0.2) is 23.8 Å². The molecule has 2 saturated carbocycles. The maximum atomic E-state index is 8.45. The van der Waals surface area contributed by atoms with E-state index in [1.54, 1.807) is 0 Å². The number of rotatable bonds is 6. The Hall–Kier alpha value is -0.670. The Morgan fingerprint density at radius 1 is 1.13 bits per heavy atom. The van der Waals surface area contributed by atoms with E-state index < -0.39 is 0 Å². The summed E-state index contributed by atoms with van der Waals surface area (Å²) in [6.45, 7) is 16.8. The van der Waals surface area contributed by atoms with Crippen LogP contribution in [0.5, 0.6) is 0 Å². The first-order valence-corrected chi connectivity index (χ1v) is 12.8. The molecule has 3 aliphatic carbocycles. The molecule has 0 saturated heterocycles. The molecule has 3 rings (SSSR count). The highest BCUT2D eigenvalue weighted by molar-refractivity contribution is 5.97. The molecule has 3 aliphatic rings. The van der Waals surface area contributed by atoms with Crippen molar-refractivity contribution in [2.45, 2.75) is 105 Å². The topological polar surface area (TPSA) is 61.9 Å². The van der Waals surface area contributed by atoms with Crippen molar-refractivity contribution in [3.8, 4) is 0 Å². The van der Waals surface area contributed by atoms with Gasteiger partial charge >= 0.3 is 0 Å². The summed E-state index contributed by atoms with van der Waals surface area (Å²) >= 11 is 0. The van der Waals surface area contributed by atoms with Crippen molar-refractivity contribution in [2.24, 2.45) is 52.6 Å². The van der Waals surface area contributed by atoms with Crippen LogP contribution >= 0.6 is 0 Å². The van der Waals surface area contributed by atoms with Crippen LogP contribution in [0.25, 0.3) is 0 Å². The fraction of sp³-hybridized carbons (Fsp3) is 0.889. The monoisotopic (exact) mass is 415 g/mol. The molecule has 0 aromatic rings. The highest BCUT2D eigenvalue weighted by Gasteiger charge is 2.53. The standard InChI is InChI=1S/C27H49N3/c1-16(2)26(29)18(4)25-19(5)27(7)13-9-8-10-21(27)15-22(25)20(6)30-24-14-17(3)11-12-23(24)28/h11-12,16-22,24-26,28,30H,8-10,13-15,29H2,1-7H3. The Labute approximate surface area is 186 Å². The van der Waals surface area contributed by atoms with Crippen LogP contribution in [-0.2, 0) is 0 Å². The molecule has 10 atom stereocenters. The molecule has 4 N–H and O–H groups in total. The fourth-order valence-corrected chi connectivity index (χ4v) is 7.52. The van der Waals surface area contributed by atoms with Gasteiger partial charge in [0.05, 0.1) is 0 Å². The van der Waals surface area contributed by atoms with E-state index in [-0.39, 0.29) is 12.1 Å². The van der Waals surface area contributed by atoms with Crippen molar-refractivity contribution in [3.05, 3.63) is 12.2 Å². The minimum absolute atomic E-state index is 0.199. The minimum Gasteiger partial charge on any atom is -0.327 e. The van der Waals surface area contributed by atoms with Crippen molar-refractivity contribution < 1.29 is 0 Å². The van der Waals surface area contributed by atoms with Gasteiger partial charge in [-0.3, -0.25) is 0 Å². The lowest BCUT2D eigenvalue weighted by atomic mass is 9.47. The molecule has 0 aromatic carbocycles. The molecular weight excluding hydrogens is 366 g/mol. The molecule has 0 amide bonds. The van der Waals surface area contributed by atoms with Crippen LogP contribution in [0.3, 0.4) is 0 Å². The van der Waals surface area contributed by atoms with Gasteiger partial charge in [-0.2, -0.15) is 0 Å². The quantitative estimate of drug-likeness (QED) is 0.495. The van der Waals surface area contributed by atoms with Crippen LogP contribution in [0.1, 0.15) is 87.0 Å². The first-order chi connectivity index (χ1) is 14.1. The highest BCUT2D eigenvalue weighted by atomic mass is 15.0. The minimum atomic E-state index is 0.199. The van der Waals surface area contributed by atoms with Gasteiger partial charge in [0.15, 0.2) is 0 Å². The Morgan fingerprint density at radius 3 is 2.50 bits per heavy atom. The molecule has 0 spiro atoms. The van der Waals surface area contributed by atoms with E-state index in [2.05, 4.69) is 59.9 Å². The summed E-state index contributed by atoms with van der Waals surface area (Å²) in [6, 6.07) is 0.881. The molecule has 2 fully saturated rings. The van der Waals surface area contributed by atoms with Gasteiger partial charge in [0, 0.05) is 23.8 Å². The third-order valence-corrected chi connectivity index (χ3v) is 9.80. The smallest absolute Gasteiger partial charge is 0.0495 e. The van der Waals surface area contributed by atoms with Crippen molar-refractivity contribution in [2.75, 3.05) is 0 Å². The van der Waals surface area contributed by atoms with Gasteiger partial charge in [0.1, 0.15) is 0 Å². The zero-order valence-corrected chi connectivity index (χ0v) is 20.7. The second-order valence-corrected chi connectivity index (χ2v) is 11.9. The number of nitrogens with two attached hydrogens (primary N) is 1. The summed E-state index contributed by atoms with van der Waals surface area (Å²) in [5, 5.41) is 12.4. The van der Waals surface area contributed by atoms with Crippen molar-refractivity contribution in [3.63, 3.8) is 0 Å². The van der Waals surface area contributed by atoms with Gasteiger partial charge in [-0.1, -0.05) is 60.5 Å². The molecular formula is C27H49N3. The lowest BCUT2D eigenvalue weighted by molar-refractivity contribution is -0.0881. The van der Waals surface area contributed by atoms with Crippen LogP contribution in [0.4, 0.5) is 0 Å². The first kappa shape index (κ1) is 24.0. The van der Waals surface area contributed by atoms with Crippen LogP contribution in [0.2, 0.25) is 0 Å². The van der Waals surface area contributed by atoms with E-state index in [0.717, 1.165) is 18.1 Å². The van der Waals surface area contributed by atoms with Gasteiger partial charge in [-0.05, 0) is 85.5 Å². The van der Waals surface area contributed by atoms with Crippen LogP contribution in [0.15, 0.2) is 12.2 Å². The zero-order valence-electron chi connectivity index (χ0n) is 20.7. The van der Waals surface area contributed by atoms with Gasteiger partial charge in [0.25, 0.3) is 0 Å². The van der Waals surface area contributed by atoms with E-state index in [4.69, 9.17) is 11.1 Å². The molecule has 0 radical (unpaired) electrons. The predicted octanol–water partition coefficient (Wildman–Crippen LogP) is 6.04. The average Bonchev–Trinajstić information content (AvgIpc) is 2.70. The number of fused-ring (bicyclic) bond motifs is 1. The summed E-state index contributed by atoms with van der Waals surface area (Å²) < 4.78 is 0. The Morgan fingerprint density at radius 2 is 1.83 bits per heavy atom. The van der Waals surface area contributed by atoms with Gasteiger partial charge in [0.2, 0.25) is 0 Å². The summed E-state index contributed by atoms with van der Waals surface area (Å²) in [4.78, 5) is 0. The van der Waals surface area contributed by atoms with E-state index in [0.29, 0.717) is 47.0 Å². The van der Waals surface area contributed by atoms with E-state index in [9.17, 15) is 0 Å². The predicted molar refractivity (Wildman–Crippen MR) is 130 cm³/mol. The maximum absolute atomic E-state index is 8.45. The molecule has 0 aliphatic heterocycles. The molecule has 3 nitrogen and oxygen atoms in total. The molecule has 30 heavy (non-hydrogen) atoms. The SMILES string of the molecule is CC1C=CC(=N)C(NC(C)C2CC3CCCCC3(C)C(C)C2C(C)C(N)C(C)C)C1. The summed E-state index contributed by atoms with van der Waals surface area (Å²) in [7, 11) is 0. The lowest BCUT2D eigenvalue weighted by Crippen LogP contribution is -2.58. The zero-order chi connectivity index (χ0) is 22.2. The molecule has 172 valence electrons. The largest absolute Gasteiger partial charge is 0.327 e. The van der Waals surface area contributed by atoms with Gasteiger partial charge in [-0.15, -0.1) is 0 Å². The second kappa shape index (κ2) is 9.45. The van der Waals surface area contributed by atoms with Crippen LogP contribution in [0, 0.1) is 52.2 Å². The van der Waals surface area contributed by atoms with Gasteiger partial charge in [-0.25, -0.2) is 0 Å². The third kappa shape index (κ3) is 4.58. The van der Waals surface area contributed by atoms with Crippen LogP contribution < -0.4 is 11.1 Å². The summed E-state index contributed by atoms with van der Waals surface area (Å²) in [5.74, 6) is 4.44. The fourth-order valence-electron chi connectivity index (χ4n) is 7.52. The molecule has 0 heterocycles. The second-order valence-electron chi connectivity index (χ2n) is 11.9. The Balaban J connectivity index is 1.86. The van der Waals surface area contributed by atoms with Crippen molar-refractivity contribution >= 4 is 5.71 Å². The normalized spacial score (nSPS) is 42.6. The lowest BCUT2D eigenvalue weighted by Gasteiger charge is -2.59. The molecule has 3 heteroatoms. The molecule has 10 unspecified atom stereocenters. The van der Waals surface area contributed by atoms with Crippen molar-refractivity contribution in [1.29, 1.82) is 5.41 Å². The molecule has 0 aromatic heterocycles.